The van der Waals surface area contributed by atoms with Gasteiger partial charge in [0.15, 0.2) is 11.5 Å². The van der Waals surface area contributed by atoms with Crippen LogP contribution in [0.3, 0.4) is 0 Å². The number of hydrazine groups is 1. The van der Waals surface area contributed by atoms with E-state index < -0.39 is 0 Å². The van der Waals surface area contributed by atoms with Gasteiger partial charge in [0, 0.05) is 12.1 Å². The quantitative estimate of drug-likeness (QED) is 0.802. The van der Waals surface area contributed by atoms with Crippen LogP contribution >= 0.6 is 0 Å². The maximum absolute atomic E-state index is 12.0. The first-order valence-electron chi connectivity index (χ1n) is 7.83. The van der Waals surface area contributed by atoms with Crippen molar-refractivity contribution >= 4 is 11.8 Å². The van der Waals surface area contributed by atoms with Crippen LogP contribution in [0.5, 0.6) is 11.5 Å². The van der Waals surface area contributed by atoms with Gasteiger partial charge in [-0.1, -0.05) is 24.3 Å². The van der Waals surface area contributed by atoms with Crippen LogP contribution in [0, 0.1) is 0 Å². The summed E-state index contributed by atoms with van der Waals surface area (Å²) in [6, 6.07) is 14.4. The van der Waals surface area contributed by atoms with E-state index in [-0.39, 0.29) is 25.2 Å². The Balaban J connectivity index is 1.45. The molecule has 25 heavy (non-hydrogen) atoms. The van der Waals surface area contributed by atoms with Gasteiger partial charge in [0.05, 0.1) is 6.54 Å². The molecule has 0 saturated heterocycles. The van der Waals surface area contributed by atoms with Crippen molar-refractivity contribution in [2.75, 3.05) is 20.4 Å². The second-order valence-corrected chi connectivity index (χ2v) is 5.73. The summed E-state index contributed by atoms with van der Waals surface area (Å²) in [6.45, 7) is 0.943. The molecule has 0 fully saturated rings. The maximum atomic E-state index is 12.0. The first kappa shape index (κ1) is 16.8. The van der Waals surface area contributed by atoms with E-state index in [1.54, 1.807) is 24.3 Å². The number of likely N-dealkylation sites (N-methyl/N-ethyl adjacent to an activating group) is 1. The molecule has 1 heterocycles. The Hall–Kier alpha value is -3.06. The highest BCUT2D eigenvalue weighted by atomic mass is 16.7. The highest BCUT2D eigenvalue weighted by Gasteiger charge is 2.15. The zero-order chi connectivity index (χ0) is 17.6. The molecular weight excluding hydrogens is 322 g/mol. The average molecular weight is 341 g/mol. The molecule has 0 atom stereocenters. The van der Waals surface area contributed by atoms with Gasteiger partial charge in [0.1, 0.15) is 0 Å². The fourth-order valence-electron chi connectivity index (χ4n) is 2.48. The van der Waals surface area contributed by atoms with Crippen LogP contribution in [0.25, 0.3) is 0 Å². The predicted molar refractivity (Wildman–Crippen MR) is 90.9 cm³/mol. The van der Waals surface area contributed by atoms with Crippen LogP contribution in [0.1, 0.15) is 15.9 Å². The molecule has 0 radical (unpaired) electrons. The topological polar surface area (TPSA) is 79.9 Å². The third kappa shape index (κ3) is 4.48. The number of carbonyl (C=O) groups is 2. The van der Waals surface area contributed by atoms with E-state index in [2.05, 4.69) is 10.9 Å². The first-order chi connectivity index (χ1) is 12.1. The fraction of sp³-hybridized carbons (Fsp3) is 0.222. The molecule has 2 N–H and O–H groups in total. The zero-order valence-corrected chi connectivity index (χ0v) is 13.8. The zero-order valence-electron chi connectivity index (χ0n) is 13.8. The van der Waals surface area contributed by atoms with Crippen LogP contribution in [-0.2, 0) is 11.3 Å². The number of ether oxygens (including phenoxy) is 2. The third-order valence-electron chi connectivity index (χ3n) is 3.65. The summed E-state index contributed by atoms with van der Waals surface area (Å²) in [5, 5.41) is 0. The van der Waals surface area contributed by atoms with Crippen molar-refractivity contribution in [1.29, 1.82) is 0 Å². The number of hydrogen-bond acceptors (Lipinski definition) is 5. The van der Waals surface area contributed by atoms with Crippen molar-refractivity contribution in [3.05, 3.63) is 59.7 Å². The molecule has 0 spiro atoms. The van der Waals surface area contributed by atoms with Crippen LogP contribution in [-0.4, -0.2) is 37.1 Å². The average Bonchev–Trinajstić information content (AvgIpc) is 3.08. The maximum Gasteiger partial charge on any atom is 0.269 e. The monoisotopic (exact) mass is 341 g/mol. The minimum absolute atomic E-state index is 0.142. The van der Waals surface area contributed by atoms with E-state index in [4.69, 9.17) is 9.47 Å². The molecule has 2 amide bonds. The van der Waals surface area contributed by atoms with Crippen molar-refractivity contribution < 1.29 is 19.1 Å². The molecule has 0 bridgehead atoms. The van der Waals surface area contributed by atoms with E-state index in [1.165, 1.54) is 0 Å². The van der Waals surface area contributed by atoms with E-state index in [1.807, 2.05) is 36.2 Å². The van der Waals surface area contributed by atoms with Crippen molar-refractivity contribution in [3.63, 3.8) is 0 Å². The number of nitrogens with one attached hydrogen (secondary N) is 2. The molecule has 3 rings (SSSR count). The van der Waals surface area contributed by atoms with Gasteiger partial charge >= 0.3 is 0 Å². The molecule has 7 nitrogen and oxygen atoms in total. The Kier molecular flexibility index (Phi) is 5.15. The molecule has 0 aliphatic carbocycles. The molecule has 0 saturated carbocycles. The summed E-state index contributed by atoms with van der Waals surface area (Å²) < 4.78 is 10.6. The van der Waals surface area contributed by atoms with Crippen LogP contribution < -0.4 is 20.3 Å². The SMILES string of the molecule is CN(CC(=O)NNC(=O)c1ccccc1)Cc1ccc2c(c1)OCO2. The summed E-state index contributed by atoms with van der Waals surface area (Å²) in [4.78, 5) is 25.7. The molecule has 7 heteroatoms. The smallest absolute Gasteiger partial charge is 0.269 e. The lowest BCUT2D eigenvalue weighted by atomic mass is 10.2. The number of amides is 2. The number of carbonyl (C=O) groups excluding carboxylic acids is 2. The van der Waals surface area contributed by atoms with Crippen molar-refractivity contribution in [2.24, 2.45) is 0 Å². The Morgan fingerprint density at radius 2 is 1.80 bits per heavy atom. The van der Waals surface area contributed by atoms with E-state index >= 15 is 0 Å². The molecule has 0 unspecified atom stereocenters. The number of hydrogen-bond donors (Lipinski definition) is 2. The summed E-state index contributed by atoms with van der Waals surface area (Å²) >= 11 is 0. The summed E-state index contributed by atoms with van der Waals surface area (Å²) in [5.74, 6) is 0.790. The van der Waals surface area contributed by atoms with Gasteiger partial charge < -0.3 is 9.47 Å². The molecule has 0 aromatic heterocycles. The second kappa shape index (κ2) is 7.67. The number of nitrogens with zero attached hydrogens (tertiary/aromatic N) is 1. The number of rotatable bonds is 5. The molecule has 1 aliphatic heterocycles. The molecule has 2 aromatic carbocycles. The van der Waals surface area contributed by atoms with Crippen molar-refractivity contribution in [2.45, 2.75) is 6.54 Å². The Morgan fingerprint density at radius 3 is 2.60 bits per heavy atom. The molecule has 1 aliphatic rings. The van der Waals surface area contributed by atoms with Gasteiger partial charge in [0.2, 0.25) is 6.79 Å². The lowest BCUT2D eigenvalue weighted by Crippen LogP contribution is -2.45. The summed E-state index contributed by atoms with van der Waals surface area (Å²) in [7, 11) is 1.82. The molecular formula is C18H19N3O4. The van der Waals surface area contributed by atoms with Crippen LogP contribution in [0.4, 0.5) is 0 Å². The Bertz CT molecular complexity index is 764. The Labute approximate surface area is 145 Å². The highest BCUT2D eigenvalue weighted by Crippen LogP contribution is 2.32. The summed E-state index contributed by atoms with van der Waals surface area (Å²) in [6.07, 6.45) is 0. The second-order valence-electron chi connectivity index (χ2n) is 5.73. The van der Waals surface area contributed by atoms with E-state index in [9.17, 15) is 9.59 Å². The number of fused-ring (bicyclic) bond motifs is 1. The minimum Gasteiger partial charge on any atom is -0.454 e. The van der Waals surface area contributed by atoms with Gasteiger partial charge in [0.25, 0.3) is 11.8 Å². The van der Waals surface area contributed by atoms with Crippen LogP contribution in [0.15, 0.2) is 48.5 Å². The first-order valence-corrected chi connectivity index (χ1v) is 7.83. The van der Waals surface area contributed by atoms with Gasteiger partial charge in [-0.05, 0) is 36.9 Å². The standard InChI is InChI=1S/C18H19N3O4/c1-21(10-13-7-8-15-16(9-13)25-12-24-15)11-17(22)19-20-18(23)14-5-3-2-4-6-14/h2-9H,10-12H2,1H3,(H,19,22)(H,20,23). The van der Waals surface area contributed by atoms with Crippen LogP contribution in [0.2, 0.25) is 0 Å². The summed E-state index contributed by atoms with van der Waals surface area (Å²) in [5.41, 5.74) is 6.30. The lowest BCUT2D eigenvalue weighted by molar-refractivity contribution is -0.122. The normalized spacial score (nSPS) is 12.1. The largest absolute Gasteiger partial charge is 0.454 e. The van der Waals surface area contributed by atoms with Crippen molar-refractivity contribution in [1.82, 2.24) is 15.8 Å². The van der Waals surface area contributed by atoms with E-state index in [0.29, 0.717) is 17.9 Å². The third-order valence-corrected chi connectivity index (χ3v) is 3.65. The van der Waals surface area contributed by atoms with Crippen molar-refractivity contribution in [3.8, 4) is 11.5 Å². The predicted octanol–water partition coefficient (Wildman–Crippen LogP) is 1.31. The lowest BCUT2D eigenvalue weighted by Gasteiger charge is -2.16. The van der Waals surface area contributed by atoms with Gasteiger partial charge in [-0.2, -0.15) is 0 Å². The fourth-order valence-corrected chi connectivity index (χ4v) is 2.48. The van der Waals surface area contributed by atoms with Gasteiger partial charge in [-0.3, -0.25) is 25.3 Å². The molecule has 2 aromatic rings. The van der Waals surface area contributed by atoms with Gasteiger partial charge in [-0.25, -0.2) is 0 Å². The minimum atomic E-state index is -0.354. The van der Waals surface area contributed by atoms with E-state index in [0.717, 1.165) is 11.3 Å². The highest BCUT2D eigenvalue weighted by molar-refractivity contribution is 5.95. The number of benzene rings is 2. The van der Waals surface area contributed by atoms with Gasteiger partial charge in [-0.15, -0.1) is 0 Å². The Morgan fingerprint density at radius 1 is 1.04 bits per heavy atom. The molecule has 130 valence electrons.